The van der Waals surface area contributed by atoms with Gasteiger partial charge >= 0.3 is 0 Å². The van der Waals surface area contributed by atoms with Crippen LogP contribution in [-0.2, 0) is 0 Å². The Morgan fingerprint density at radius 2 is 0.730 bits per heavy atom. The molecule has 0 saturated carbocycles. The zero-order valence-corrected chi connectivity index (χ0v) is 34.2. The summed E-state index contributed by atoms with van der Waals surface area (Å²) in [4.78, 5) is 0. The summed E-state index contributed by atoms with van der Waals surface area (Å²) in [6, 6.07) is 60.7. The normalized spacial score (nSPS) is 11.6. The molecule has 63 heavy (non-hydrogen) atoms. The number of aromatic nitrogens is 2. The van der Waals surface area contributed by atoms with Gasteiger partial charge in [0, 0.05) is 38.6 Å². The number of benzene rings is 9. The van der Waals surface area contributed by atoms with E-state index in [1.807, 2.05) is 47.0 Å². The highest BCUT2D eigenvalue weighted by Crippen LogP contribution is 2.38. The molecule has 11 aromatic rings. The van der Waals surface area contributed by atoms with Gasteiger partial charge in [0.25, 0.3) is 0 Å². The molecule has 0 spiro atoms. The molecule has 2 heterocycles. The van der Waals surface area contributed by atoms with Crippen LogP contribution in [0.15, 0.2) is 176 Å². The van der Waals surface area contributed by atoms with Crippen LogP contribution < -0.4 is 38.2 Å². The quantitative estimate of drug-likeness (QED) is 0.181. The van der Waals surface area contributed by atoms with E-state index in [1.54, 1.807) is 0 Å². The first-order valence-corrected chi connectivity index (χ1v) is 20.7. The topological polar surface area (TPSA) is 9.86 Å². The van der Waals surface area contributed by atoms with Gasteiger partial charge in [0.05, 0.1) is 11.0 Å². The van der Waals surface area contributed by atoms with E-state index in [2.05, 4.69) is 138 Å². The Morgan fingerprint density at radius 1 is 0.270 bits per heavy atom. The van der Waals surface area contributed by atoms with Crippen LogP contribution in [0.1, 0.15) is 0 Å². The molecule has 0 aliphatic rings. The highest BCUT2D eigenvalue weighted by Gasteiger charge is 2.25. The number of fused-ring (bicyclic) bond motifs is 6. The Hall–Kier alpha value is -6.97. The van der Waals surface area contributed by atoms with E-state index in [0.29, 0.717) is 43.8 Å². The van der Waals surface area contributed by atoms with Gasteiger partial charge in [-0.05, 0) is 92.4 Å². The van der Waals surface area contributed by atoms with Gasteiger partial charge in [-0.2, -0.15) is 0 Å². The summed E-state index contributed by atoms with van der Waals surface area (Å²) in [5.74, 6) is 0. The smallest absolute Gasteiger partial charge is 0.115 e. The van der Waals surface area contributed by atoms with Crippen molar-refractivity contribution in [3.05, 3.63) is 176 Å². The second kappa shape index (κ2) is 15.1. The fraction of sp³-hybridized carbons (Fsp3) is 0. The molecule has 0 bridgehead atoms. The maximum Gasteiger partial charge on any atom is 0.115 e. The van der Waals surface area contributed by atoms with Crippen LogP contribution in [0, 0.1) is 0 Å². The van der Waals surface area contributed by atoms with Crippen molar-refractivity contribution in [2.24, 2.45) is 0 Å². The van der Waals surface area contributed by atoms with Crippen LogP contribution in [0.25, 0.3) is 99.5 Å². The van der Waals surface area contributed by atoms with E-state index in [9.17, 15) is 0 Å². The van der Waals surface area contributed by atoms with Gasteiger partial charge in [0.15, 0.2) is 0 Å². The van der Waals surface area contributed by atoms with Crippen molar-refractivity contribution in [1.82, 2.24) is 9.13 Å². The molecule has 2 nitrogen and oxygen atoms in total. The number of nitrogens with zero attached hydrogens (tertiary/aromatic N) is 2. The number of rotatable bonds is 6. The lowest BCUT2D eigenvalue weighted by atomic mass is 9.64. The van der Waals surface area contributed by atoms with Crippen LogP contribution in [0.3, 0.4) is 0 Å². The minimum atomic E-state index is 0.175. The SMILES string of the molecule is [B]c1c([B])c([B])c2c(c1[B])c1c([B])c(-c3ccc4c(c3)c3ccc(-c5ccccc5)cc3n4-c3cccc(-c4ccccc4)c3)c([B])c([B])c1n2-c1cccc(-c2ccccc2)c1. The maximum absolute atomic E-state index is 7.39. The van der Waals surface area contributed by atoms with Crippen LogP contribution >= 0.6 is 0 Å². The zero-order chi connectivity index (χ0) is 43.1. The molecule has 0 aliphatic carbocycles. The van der Waals surface area contributed by atoms with Crippen molar-refractivity contribution >= 4 is 137 Å². The Kier molecular flexibility index (Phi) is 9.35. The first-order valence-electron chi connectivity index (χ1n) is 20.7. The molecular weight excluding hydrogens is 752 g/mol. The molecule has 0 aliphatic heterocycles. The summed E-state index contributed by atoms with van der Waals surface area (Å²) in [7, 11) is 48.7. The largest absolute Gasteiger partial charge is 0.311 e. The van der Waals surface area contributed by atoms with E-state index in [0.717, 1.165) is 72.1 Å². The van der Waals surface area contributed by atoms with Crippen molar-refractivity contribution in [3.63, 3.8) is 0 Å². The molecule has 0 amide bonds. The van der Waals surface area contributed by atoms with Crippen molar-refractivity contribution in [2.75, 3.05) is 0 Å². The van der Waals surface area contributed by atoms with Gasteiger partial charge < -0.3 is 9.13 Å². The third kappa shape index (κ3) is 6.12. The zero-order valence-electron chi connectivity index (χ0n) is 34.2. The highest BCUT2D eigenvalue weighted by atomic mass is 15.0. The van der Waals surface area contributed by atoms with Gasteiger partial charge in [-0.3, -0.25) is 0 Å². The van der Waals surface area contributed by atoms with Gasteiger partial charge in [0.2, 0.25) is 0 Å². The Bertz CT molecular complexity index is 3630. The van der Waals surface area contributed by atoms with Crippen LogP contribution in [0.4, 0.5) is 0 Å². The summed E-state index contributed by atoms with van der Waals surface area (Å²) in [5, 5.41) is 3.22. The molecule has 9 aromatic carbocycles. The monoisotopic (exact) mass is 782 g/mol. The van der Waals surface area contributed by atoms with E-state index >= 15 is 0 Å². The van der Waals surface area contributed by atoms with E-state index in [-0.39, 0.29) is 21.9 Å². The lowest BCUT2D eigenvalue weighted by Crippen LogP contribution is -2.48. The van der Waals surface area contributed by atoms with E-state index < -0.39 is 0 Å². The maximum atomic E-state index is 7.39. The van der Waals surface area contributed by atoms with Gasteiger partial charge in [0.1, 0.15) is 54.9 Å². The molecule has 2 aromatic heterocycles. The minimum absolute atomic E-state index is 0.175. The standard InChI is InChI=1S/C54H29B7N2/c55-46-43(47(56)51(60)53-44(46)45-48(57)49(58)50(59)52(61)54(45)63(53)38-21-11-19-34(27-38)31-14-6-2-7-15-31)36-23-25-41-40(28-36)39-24-22-35(32-16-8-3-9-17-32)29-42(39)62(41)37-20-10-18-33(26-37)30-12-4-1-5-13-30/h1-29H. The molecule has 0 unspecified atom stereocenters. The van der Waals surface area contributed by atoms with Crippen LogP contribution in [0.5, 0.6) is 0 Å². The summed E-state index contributed by atoms with van der Waals surface area (Å²) in [5.41, 5.74) is 14.8. The van der Waals surface area contributed by atoms with Gasteiger partial charge in [-0.25, -0.2) is 0 Å². The highest BCUT2D eigenvalue weighted by molar-refractivity contribution is 6.69. The molecule has 276 valence electrons. The fourth-order valence-electron chi connectivity index (χ4n) is 9.44. The van der Waals surface area contributed by atoms with E-state index in [1.165, 1.54) is 0 Å². The number of hydrogen-bond acceptors (Lipinski definition) is 0. The fourth-order valence-corrected chi connectivity index (χ4v) is 9.44. The lowest BCUT2D eigenvalue weighted by molar-refractivity contribution is 1.18. The summed E-state index contributed by atoms with van der Waals surface area (Å²) in [6.45, 7) is 0. The predicted octanol–water partition coefficient (Wildman–Crippen LogP) is 6.11. The first kappa shape index (κ1) is 38.9. The molecule has 0 atom stereocenters. The van der Waals surface area contributed by atoms with Crippen LogP contribution in [-0.4, -0.2) is 64.1 Å². The second-order valence-electron chi connectivity index (χ2n) is 16.1. The second-order valence-corrected chi connectivity index (χ2v) is 16.1. The summed E-state index contributed by atoms with van der Waals surface area (Å²) >= 11 is 0. The molecular formula is C54H29B7N2. The van der Waals surface area contributed by atoms with Crippen molar-refractivity contribution < 1.29 is 0 Å². The molecule has 14 radical (unpaired) electrons. The van der Waals surface area contributed by atoms with Crippen molar-refractivity contribution in [3.8, 4) is 55.9 Å². The van der Waals surface area contributed by atoms with E-state index in [4.69, 9.17) is 54.9 Å². The molecule has 0 saturated heterocycles. The Morgan fingerprint density at radius 3 is 1.30 bits per heavy atom. The molecule has 0 N–H and O–H groups in total. The molecule has 0 fully saturated rings. The Labute approximate surface area is 375 Å². The first-order chi connectivity index (χ1) is 30.7. The third-order valence-electron chi connectivity index (χ3n) is 12.5. The molecule has 11 rings (SSSR count). The Balaban J connectivity index is 1.18. The average molecular weight is 782 g/mol. The average Bonchev–Trinajstić information content (AvgIpc) is 3.87. The van der Waals surface area contributed by atoms with Gasteiger partial charge in [-0.15, -0.1) is 10.9 Å². The summed E-state index contributed by atoms with van der Waals surface area (Å²) < 4.78 is 4.28. The number of hydrogen-bond donors (Lipinski definition) is 0. The van der Waals surface area contributed by atoms with Gasteiger partial charge in [-0.1, -0.05) is 161 Å². The van der Waals surface area contributed by atoms with Crippen molar-refractivity contribution in [2.45, 2.75) is 0 Å². The van der Waals surface area contributed by atoms with Crippen molar-refractivity contribution in [1.29, 1.82) is 0 Å². The van der Waals surface area contributed by atoms with Crippen LogP contribution in [0.2, 0.25) is 0 Å². The lowest BCUT2D eigenvalue weighted by Gasteiger charge is -2.19. The molecule has 9 heteroatoms. The predicted molar refractivity (Wildman–Crippen MR) is 275 cm³/mol. The third-order valence-corrected chi connectivity index (χ3v) is 12.5. The summed E-state index contributed by atoms with van der Waals surface area (Å²) in [6.07, 6.45) is 0. The minimum Gasteiger partial charge on any atom is -0.311 e.